The summed E-state index contributed by atoms with van der Waals surface area (Å²) in [7, 11) is 6.70. The Balaban J connectivity index is 0.811. The van der Waals surface area contributed by atoms with Crippen LogP contribution >= 0.6 is 0 Å². The first-order chi connectivity index (χ1) is 34.6. The van der Waals surface area contributed by atoms with E-state index in [-0.39, 0.29) is 5.41 Å². The van der Waals surface area contributed by atoms with Crippen molar-refractivity contribution in [3.05, 3.63) is 264 Å². The molecule has 1 unspecified atom stereocenters. The third-order valence-corrected chi connectivity index (χ3v) is 15.3. The molecule has 0 spiro atoms. The zero-order valence-corrected chi connectivity index (χ0v) is 41.0. The number of hydrogen-bond donors (Lipinski definition) is 0. The van der Waals surface area contributed by atoms with Gasteiger partial charge in [-0.2, -0.15) is 0 Å². The zero-order chi connectivity index (χ0) is 48.4. The molecule has 0 heterocycles. The van der Waals surface area contributed by atoms with Crippen molar-refractivity contribution >= 4 is 47.6 Å². The molecule has 2 aliphatic carbocycles. The summed E-state index contributed by atoms with van der Waals surface area (Å²) in [6.45, 7) is 11.3. The summed E-state index contributed by atoms with van der Waals surface area (Å²) in [4.78, 5) is 4.67. The zero-order valence-electron chi connectivity index (χ0n) is 41.0. The number of anilines is 6. The van der Waals surface area contributed by atoms with Gasteiger partial charge in [0.15, 0.2) is 0 Å². The maximum atomic E-state index is 6.70. The Morgan fingerprint density at radius 1 is 0.310 bits per heavy atom. The monoisotopic (exact) mass is 909 g/mol. The van der Waals surface area contributed by atoms with Gasteiger partial charge >= 0.3 is 250 Å². The molecule has 0 saturated carbocycles. The molecule has 0 saturated heterocycles. The number of aryl methyl sites for hydroxylation is 2. The number of nitrogens with zero attached hydrogens (tertiary/aromatic N) is 2. The first-order valence-corrected chi connectivity index (χ1v) is 24.8. The van der Waals surface area contributed by atoms with Crippen LogP contribution in [0.15, 0.2) is 231 Å². The Bertz CT molecular complexity index is 3550. The average Bonchev–Trinajstić information content (AvgIpc) is 3.80. The van der Waals surface area contributed by atoms with E-state index in [9.17, 15) is 0 Å². The molecule has 0 fully saturated rings. The second kappa shape index (κ2) is 17.3. The van der Waals surface area contributed by atoms with E-state index in [1.165, 1.54) is 89.0 Å². The van der Waals surface area contributed by atoms with Crippen LogP contribution in [0.4, 0.5) is 34.1 Å². The Morgan fingerprint density at radius 3 is 1.06 bits per heavy atom. The van der Waals surface area contributed by atoms with Gasteiger partial charge < -0.3 is 9.80 Å². The summed E-state index contributed by atoms with van der Waals surface area (Å²) in [6, 6.07) is 84.6. The molecule has 0 bridgehead atoms. The average molecular weight is 910 g/mol. The first-order valence-electron chi connectivity index (χ1n) is 24.8. The third kappa shape index (κ3) is 7.56. The molecule has 339 valence electrons. The number of benzene rings is 10. The normalized spacial score (nSPS) is 14.8. The molecule has 10 aromatic carbocycles. The SMILES string of the molecule is [B]=CC1(C)c2cc(-c3ccc(-c4ccc(N(c5ccc(C)cc5)c5ccc(C)cc5)cc4)cc3)ccc2-c2ccc(-c3ccc4c(c3)C(C)(C)c3cc(N(c5ccccc5)c5ccccc5)ccc3-4)cc21. The summed E-state index contributed by atoms with van der Waals surface area (Å²) in [5.74, 6) is 1.89. The third-order valence-electron chi connectivity index (χ3n) is 15.3. The topological polar surface area (TPSA) is 6.48 Å². The Morgan fingerprint density at radius 2 is 0.606 bits per heavy atom. The molecular formula is C68H54BN2. The van der Waals surface area contributed by atoms with Crippen LogP contribution in [0.1, 0.15) is 54.2 Å². The molecule has 1 atom stereocenters. The van der Waals surface area contributed by atoms with Gasteiger partial charge in [-0.25, -0.2) is 0 Å². The van der Waals surface area contributed by atoms with Crippen molar-refractivity contribution in [2.75, 3.05) is 9.80 Å². The number of para-hydroxylation sites is 2. The Labute approximate surface area is 420 Å². The van der Waals surface area contributed by atoms with Crippen molar-refractivity contribution in [3.8, 4) is 55.6 Å². The summed E-state index contributed by atoms with van der Waals surface area (Å²) in [5, 5.41) is 0. The molecule has 2 nitrogen and oxygen atoms in total. The van der Waals surface area contributed by atoms with Gasteiger partial charge in [0.25, 0.3) is 0 Å². The van der Waals surface area contributed by atoms with Crippen LogP contribution in [0.2, 0.25) is 0 Å². The van der Waals surface area contributed by atoms with E-state index >= 15 is 0 Å². The molecule has 0 aromatic heterocycles. The van der Waals surface area contributed by atoms with Gasteiger partial charge in [0.1, 0.15) is 0 Å². The van der Waals surface area contributed by atoms with E-state index in [1.54, 1.807) is 0 Å². The predicted octanol–water partition coefficient (Wildman–Crippen LogP) is 17.8. The van der Waals surface area contributed by atoms with Gasteiger partial charge in [-0.3, -0.25) is 0 Å². The van der Waals surface area contributed by atoms with Gasteiger partial charge in [-0.1, -0.05) is 71.8 Å². The summed E-state index contributed by atoms with van der Waals surface area (Å²) in [6.07, 6.45) is 0. The summed E-state index contributed by atoms with van der Waals surface area (Å²) >= 11 is 0. The van der Waals surface area contributed by atoms with Gasteiger partial charge in [-0.15, -0.1) is 0 Å². The van der Waals surface area contributed by atoms with E-state index in [1.807, 2.05) is 5.97 Å². The van der Waals surface area contributed by atoms with Gasteiger partial charge in [0, 0.05) is 28.4 Å². The van der Waals surface area contributed by atoms with Crippen LogP contribution < -0.4 is 9.80 Å². The molecular weight excluding hydrogens is 856 g/mol. The molecule has 3 heteroatoms. The molecule has 12 rings (SSSR count). The van der Waals surface area contributed by atoms with Crippen molar-refractivity contribution in [3.63, 3.8) is 0 Å². The van der Waals surface area contributed by atoms with Crippen molar-refractivity contribution in [1.29, 1.82) is 0 Å². The fraction of sp³-hybridized carbons (Fsp3) is 0.103. The minimum atomic E-state index is -0.463. The Hall–Kier alpha value is -8.27. The second-order valence-corrected chi connectivity index (χ2v) is 20.1. The van der Waals surface area contributed by atoms with Crippen molar-refractivity contribution in [2.24, 2.45) is 0 Å². The number of rotatable bonds is 10. The molecule has 1 radical (unpaired) electrons. The van der Waals surface area contributed by atoms with Crippen LogP contribution in [0.3, 0.4) is 0 Å². The number of fused-ring (bicyclic) bond motifs is 6. The number of hydrogen-bond acceptors (Lipinski definition) is 2. The molecule has 10 aromatic rings. The standard InChI is InChI=1S/C68H54BN2/c1-45-16-29-55(30-17-45)70(56-31-18-46(2)19-32-56)57-33-24-48(25-34-57)47-20-22-49(23-21-47)50-26-37-61-62-38-28-52(42-66(62)68(5,44-69)65(61)41-50)51-27-36-59-60-39-35-58(43-64(60)67(3,4)63(59)40-51)71(53-12-8-6-9-13-53)54-14-10-7-11-15-54/h6-44H,1-5H3. The van der Waals surface area contributed by atoms with Gasteiger partial charge in [0.05, 0.1) is 0 Å². The van der Waals surface area contributed by atoms with E-state index < -0.39 is 5.41 Å². The fourth-order valence-electron chi connectivity index (χ4n) is 11.2. The summed E-state index contributed by atoms with van der Waals surface area (Å²) in [5.41, 5.74) is 26.0. The molecule has 71 heavy (non-hydrogen) atoms. The fourth-order valence-corrected chi connectivity index (χ4v) is 11.2. The van der Waals surface area contributed by atoms with Crippen molar-refractivity contribution in [2.45, 2.75) is 45.4 Å². The quantitative estimate of drug-likeness (QED) is 0.126. The van der Waals surface area contributed by atoms with E-state index in [0.29, 0.717) is 0 Å². The van der Waals surface area contributed by atoms with Crippen molar-refractivity contribution in [1.82, 2.24) is 0 Å². The minimum absolute atomic E-state index is 0.201. The maximum absolute atomic E-state index is 6.70. The second-order valence-electron chi connectivity index (χ2n) is 20.1. The Kier molecular flexibility index (Phi) is 10.7. The van der Waals surface area contributed by atoms with Crippen LogP contribution in [0, 0.1) is 13.8 Å². The molecule has 2 aliphatic rings. The van der Waals surface area contributed by atoms with Gasteiger partial charge in [0.2, 0.25) is 0 Å². The summed E-state index contributed by atoms with van der Waals surface area (Å²) < 4.78 is 0. The van der Waals surface area contributed by atoms with Crippen LogP contribution in [0.5, 0.6) is 0 Å². The molecule has 0 N–H and O–H groups in total. The van der Waals surface area contributed by atoms with Crippen LogP contribution in [-0.2, 0) is 10.8 Å². The van der Waals surface area contributed by atoms with E-state index in [0.717, 1.165) is 34.1 Å². The van der Waals surface area contributed by atoms with Crippen LogP contribution in [-0.4, -0.2) is 13.5 Å². The molecule has 0 aliphatic heterocycles. The first kappa shape index (κ1) is 44.0. The molecule has 0 amide bonds. The van der Waals surface area contributed by atoms with E-state index in [4.69, 9.17) is 7.49 Å². The van der Waals surface area contributed by atoms with E-state index in [2.05, 4.69) is 275 Å². The van der Waals surface area contributed by atoms with Gasteiger partial charge in [-0.05, 0) is 62.4 Å². The predicted molar refractivity (Wildman–Crippen MR) is 303 cm³/mol. The van der Waals surface area contributed by atoms with Crippen molar-refractivity contribution < 1.29 is 0 Å². The van der Waals surface area contributed by atoms with Crippen LogP contribution in [0.25, 0.3) is 55.6 Å².